The van der Waals surface area contributed by atoms with Gasteiger partial charge in [-0.1, -0.05) is 20.8 Å². The van der Waals surface area contributed by atoms with Gasteiger partial charge in [0.25, 0.3) is 0 Å². The van der Waals surface area contributed by atoms with Crippen molar-refractivity contribution in [2.75, 3.05) is 19.8 Å². The highest BCUT2D eigenvalue weighted by molar-refractivity contribution is 7.89. The summed E-state index contributed by atoms with van der Waals surface area (Å²) in [4.78, 5) is 4.75. The van der Waals surface area contributed by atoms with E-state index in [2.05, 4.69) is 4.98 Å². The van der Waals surface area contributed by atoms with Gasteiger partial charge >= 0.3 is 0 Å². The van der Waals surface area contributed by atoms with Crippen LogP contribution in [0.4, 0.5) is 0 Å². The Hall–Kier alpha value is -2.06. The first-order valence-corrected chi connectivity index (χ1v) is 10.6. The lowest BCUT2D eigenvalue weighted by Crippen LogP contribution is -2.35. The molecule has 1 aromatic carbocycles. The number of benzene rings is 1. The summed E-state index contributed by atoms with van der Waals surface area (Å²) in [6.07, 6.45) is 1.29. The molecule has 2 aliphatic heterocycles. The zero-order chi connectivity index (χ0) is 19.2. The molecule has 0 aliphatic carbocycles. The van der Waals surface area contributed by atoms with Crippen LogP contribution in [0.3, 0.4) is 0 Å². The molecule has 0 radical (unpaired) electrons. The summed E-state index contributed by atoms with van der Waals surface area (Å²) in [5, 5.41) is 0. The first-order valence-electron chi connectivity index (χ1n) is 9.14. The summed E-state index contributed by atoms with van der Waals surface area (Å²) < 4.78 is 44.8. The molecule has 3 heterocycles. The standard InChI is InChI=1S/C19H24N2O5S/c1-19(2,3)18-20-14-12-21(8-7-15(14)26-18)27(22,23)13-5-6-16-17(11-13)25-10-4-9-24-16/h5-6,11H,4,7-10,12H2,1-3H3. The van der Waals surface area contributed by atoms with E-state index in [4.69, 9.17) is 13.9 Å². The molecule has 4 rings (SSSR count). The minimum absolute atomic E-state index is 0.203. The van der Waals surface area contributed by atoms with Gasteiger partial charge in [0.1, 0.15) is 5.76 Å². The molecule has 1 aromatic heterocycles. The normalized spacial score (nSPS) is 18.0. The Kier molecular flexibility index (Phi) is 4.43. The molecule has 0 N–H and O–H groups in total. The van der Waals surface area contributed by atoms with Crippen molar-refractivity contribution in [3.8, 4) is 11.5 Å². The summed E-state index contributed by atoms with van der Waals surface area (Å²) in [5.74, 6) is 2.48. The van der Waals surface area contributed by atoms with Crippen molar-refractivity contribution in [2.45, 2.75) is 50.5 Å². The Balaban J connectivity index is 1.62. The van der Waals surface area contributed by atoms with Crippen molar-refractivity contribution >= 4 is 10.0 Å². The molecule has 0 unspecified atom stereocenters. The average Bonchev–Trinajstić information content (AvgIpc) is 2.92. The van der Waals surface area contributed by atoms with E-state index < -0.39 is 10.0 Å². The highest BCUT2D eigenvalue weighted by Gasteiger charge is 2.33. The van der Waals surface area contributed by atoms with Gasteiger partial charge in [-0.3, -0.25) is 0 Å². The number of fused-ring (bicyclic) bond motifs is 2. The first-order chi connectivity index (χ1) is 12.7. The van der Waals surface area contributed by atoms with E-state index >= 15 is 0 Å². The molecule has 0 saturated carbocycles. The Morgan fingerprint density at radius 1 is 1.11 bits per heavy atom. The number of nitrogens with zero attached hydrogens (tertiary/aromatic N) is 2. The Morgan fingerprint density at radius 3 is 2.59 bits per heavy atom. The lowest BCUT2D eigenvalue weighted by atomic mass is 9.97. The lowest BCUT2D eigenvalue weighted by Gasteiger charge is -2.25. The second-order valence-corrected chi connectivity index (χ2v) is 9.82. The third-order valence-electron chi connectivity index (χ3n) is 4.69. The number of aromatic nitrogens is 1. The largest absolute Gasteiger partial charge is 0.490 e. The second kappa shape index (κ2) is 6.53. The highest BCUT2D eigenvalue weighted by Crippen LogP contribution is 2.34. The predicted octanol–water partition coefficient (Wildman–Crippen LogP) is 2.88. The summed E-state index contributed by atoms with van der Waals surface area (Å²) >= 11 is 0. The summed E-state index contributed by atoms with van der Waals surface area (Å²) in [5.41, 5.74) is 0.485. The van der Waals surface area contributed by atoms with E-state index in [1.54, 1.807) is 18.2 Å². The van der Waals surface area contributed by atoms with Gasteiger partial charge in [0.2, 0.25) is 10.0 Å². The molecule has 27 heavy (non-hydrogen) atoms. The molecule has 146 valence electrons. The molecule has 0 bridgehead atoms. The molecule has 2 aliphatic rings. The smallest absolute Gasteiger partial charge is 0.243 e. The zero-order valence-electron chi connectivity index (χ0n) is 15.8. The van der Waals surface area contributed by atoms with E-state index in [0.29, 0.717) is 49.3 Å². The van der Waals surface area contributed by atoms with Gasteiger partial charge in [-0.2, -0.15) is 4.31 Å². The van der Waals surface area contributed by atoms with Gasteiger partial charge in [-0.25, -0.2) is 13.4 Å². The van der Waals surface area contributed by atoms with E-state index in [1.807, 2.05) is 20.8 Å². The fourth-order valence-corrected chi connectivity index (χ4v) is 4.57. The monoisotopic (exact) mass is 392 g/mol. The molecule has 0 atom stereocenters. The van der Waals surface area contributed by atoms with Crippen LogP contribution in [0.1, 0.15) is 44.5 Å². The highest BCUT2D eigenvalue weighted by atomic mass is 32.2. The summed E-state index contributed by atoms with van der Waals surface area (Å²) in [7, 11) is -3.66. The Labute approximate surface area is 159 Å². The SMILES string of the molecule is CC(C)(C)c1nc2c(o1)CCN(S(=O)(=O)c1ccc3c(c1)OCCCO3)C2. The van der Waals surface area contributed by atoms with Gasteiger partial charge < -0.3 is 13.9 Å². The van der Waals surface area contributed by atoms with Crippen LogP contribution < -0.4 is 9.47 Å². The van der Waals surface area contributed by atoms with Crippen LogP contribution in [0.15, 0.2) is 27.5 Å². The zero-order valence-corrected chi connectivity index (χ0v) is 16.6. The van der Waals surface area contributed by atoms with E-state index in [9.17, 15) is 8.42 Å². The maximum Gasteiger partial charge on any atom is 0.243 e. The Morgan fingerprint density at radius 2 is 1.85 bits per heavy atom. The fraction of sp³-hybridized carbons (Fsp3) is 0.526. The maximum atomic E-state index is 13.1. The van der Waals surface area contributed by atoms with Crippen molar-refractivity contribution in [1.82, 2.24) is 9.29 Å². The van der Waals surface area contributed by atoms with Crippen LogP contribution in [0.2, 0.25) is 0 Å². The second-order valence-electron chi connectivity index (χ2n) is 7.89. The van der Waals surface area contributed by atoms with Crippen LogP contribution >= 0.6 is 0 Å². The van der Waals surface area contributed by atoms with E-state index in [0.717, 1.165) is 12.2 Å². The third-order valence-corrected chi connectivity index (χ3v) is 6.53. The van der Waals surface area contributed by atoms with Gasteiger partial charge in [0.05, 0.1) is 30.3 Å². The fourth-order valence-electron chi connectivity index (χ4n) is 3.15. The number of hydrogen-bond acceptors (Lipinski definition) is 6. The van der Waals surface area contributed by atoms with Gasteiger partial charge in [0, 0.05) is 30.9 Å². The number of ether oxygens (including phenoxy) is 2. The number of oxazole rings is 1. The predicted molar refractivity (Wildman–Crippen MR) is 98.6 cm³/mol. The van der Waals surface area contributed by atoms with Gasteiger partial charge in [-0.05, 0) is 12.1 Å². The van der Waals surface area contributed by atoms with Crippen molar-refractivity contribution in [1.29, 1.82) is 0 Å². The Bertz CT molecular complexity index is 959. The molecule has 2 aromatic rings. The van der Waals surface area contributed by atoms with Gasteiger partial charge in [-0.15, -0.1) is 0 Å². The topological polar surface area (TPSA) is 81.9 Å². The number of hydrogen-bond donors (Lipinski definition) is 0. The van der Waals surface area contributed by atoms with Crippen molar-refractivity contribution < 1.29 is 22.3 Å². The van der Waals surface area contributed by atoms with Crippen molar-refractivity contribution in [3.05, 3.63) is 35.5 Å². The molecule has 0 saturated heterocycles. The summed E-state index contributed by atoms with van der Waals surface area (Å²) in [6, 6.07) is 4.79. The lowest BCUT2D eigenvalue weighted by molar-refractivity contribution is 0.296. The number of sulfonamides is 1. The van der Waals surface area contributed by atoms with Crippen LogP contribution in [0.5, 0.6) is 11.5 Å². The van der Waals surface area contributed by atoms with Crippen LogP contribution in [-0.2, 0) is 28.4 Å². The molecule has 7 nitrogen and oxygen atoms in total. The van der Waals surface area contributed by atoms with Crippen LogP contribution in [-0.4, -0.2) is 37.5 Å². The minimum Gasteiger partial charge on any atom is -0.490 e. The third kappa shape index (κ3) is 3.43. The maximum absolute atomic E-state index is 13.1. The quantitative estimate of drug-likeness (QED) is 0.782. The molecule has 0 spiro atoms. The molecule has 8 heteroatoms. The van der Waals surface area contributed by atoms with E-state index in [1.165, 1.54) is 4.31 Å². The average molecular weight is 392 g/mol. The van der Waals surface area contributed by atoms with Crippen molar-refractivity contribution in [3.63, 3.8) is 0 Å². The first kappa shape index (κ1) is 18.3. The molecule has 0 fully saturated rings. The van der Waals surface area contributed by atoms with Gasteiger partial charge in [0.15, 0.2) is 17.4 Å². The molecular formula is C19H24N2O5S. The minimum atomic E-state index is -3.66. The van der Waals surface area contributed by atoms with Crippen molar-refractivity contribution in [2.24, 2.45) is 0 Å². The van der Waals surface area contributed by atoms with Crippen LogP contribution in [0.25, 0.3) is 0 Å². The molecule has 0 amide bonds. The van der Waals surface area contributed by atoms with Crippen LogP contribution in [0, 0.1) is 0 Å². The van der Waals surface area contributed by atoms with E-state index in [-0.39, 0.29) is 16.9 Å². The molecular weight excluding hydrogens is 368 g/mol. The summed E-state index contributed by atoms with van der Waals surface area (Å²) in [6.45, 7) is 7.73. The number of rotatable bonds is 2.